The zero-order valence-corrected chi connectivity index (χ0v) is 32.0. The van der Waals surface area contributed by atoms with Crippen molar-refractivity contribution in [2.75, 3.05) is 4.90 Å². The predicted octanol–water partition coefficient (Wildman–Crippen LogP) is 15.5. The number of hydrogen-bond acceptors (Lipinski definition) is 2. The number of benzene rings is 10. The van der Waals surface area contributed by atoms with Crippen LogP contribution in [0.4, 0.5) is 17.1 Å². The number of fused-ring (bicyclic) bond motifs is 12. The summed E-state index contributed by atoms with van der Waals surface area (Å²) in [6, 6.07) is 75.1. The minimum absolute atomic E-state index is 0.341. The Kier molecular flexibility index (Phi) is 7.09. The van der Waals surface area contributed by atoms with Crippen molar-refractivity contribution < 1.29 is 4.42 Å². The molecule has 2 heteroatoms. The number of rotatable bonds is 5. The molecule has 0 saturated carbocycles. The largest absolute Gasteiger partial charge is 0.456 e. The molecular formula is C56H37NO. The van der Waals surface area contributed by atoms with Crippen molar-refractivity contribution in [2.45, 2.75) is 12.3 Å². The standard InChI is InChI=1S/C56H37NO/c1-56(50-22-11-9-20-46(50)47-21-10-12-23-51(47)56)52-24-13-25-53-55(52)48-33-31-40(35-54(48)58-53)57(38-28-26-37(27-29-38)36-14-3-2-4-15-36)39-30-32-45-43-18-6-5-16-41(43)42-17-7-8-19-44(42)49(45)34-39/h2-35H,1H3. The second-order valence-electron chi connectivity index (χ2n) is 15.7. The van der Waals surface area contributed by atoms with E-state index in [1.807, 2.05) is 0 Å². The van der Waals surface area contributed by atoms with E-state index in [1.165, 1.54) is 76.6 Å². The normalized spacial score (nSPS) is 13.1. The number of hydrogen-bond donors (Lipinski definition) is 0. The van der Waals surface area contributed by atoms with Gasteiger partial charge in [0.25, 0.3) is 0 Å². The summed E-state index contributed by atoms with van der Waals surface area (Å²) in [6.45, 7) is 2.38. The summed E-state index contributed by atoms with van der Waals surface area (Å²) in [6.07, 6.45) is 0. The first-order valence-electron chi connectivity index (χ1n) is 20.1. The van der Waals surface area contributed by atoms with Gasteiger partial charge < -0.3 is 9.32 Å². The first kappa shape index (κ1) is 32.8. The topological polar surface area (TPSA) is 16.4 Å². The fraction of sp³-hybridized carbons (Fsp3) is 0.0357. The molecule has 272 valence electrons. The molecule has 0 radical (unpaired) electrons. The molecule has 0 unspecified atom stereocenters. The van der Waals surface area contributed by atoms with Gasteiger partial charge in [-0.05, 0) is 121 Å². The van der Waals surface area contributed by atoms with Crippen LogP contribution in [0, 0.1) is 0 Å². The van der Waals surface area contributed by atoms with Crippen molar-refractivity contribution in [1.29, 1.82) is 0 Å². The van der Waals surface area contributed by atoms with E-state index in [0.717, 1.165) is 33.6 Å². The van der Waals surface area contributed by atoms with E-state index in [0.29, 0.717) is 0 Å². The molecule has 0 spiro atoms. The zero-order valence-electron chi connectivity index (χ0n) is 32.0. The molecule has 1 aliphatic carbocycles. The average Bonchev–Trinajstić information content (AvgIpc) is 3.80. The second-order valence-corrected chi connectivity index (χ2v) is 15.7. The quantitative estimate of drug-likeness (QED) is 0.163. The first-order chi connectivity index (χ1) is 28.6. The molecule has 0 saturated heterocycles. The second kappa shape index (κ2) is 12.5. The molecule has 10 aromatic carbocycles. The Balaban J connectivity index is 1.07. The summed E-state index contributed by atoms with van der Waals surface area (Å²) in [5.41, 5.74) is 13.5. The Morgan fingerprint density at radius 3 is 1.48 bits per heavy atom. The SMILES string of the molecule is CC1(c2cccc3oc4cc(N(c5ccc(-c6ccccc6)cc5)c5ccc6c7ccccc7c7ccccc7c6c5)ccc4c23)c2ccccc2-c2ccccc21. The molecular weight excluding hydrogens is 703 g/mol. The summed E-state index contributed by atoms with van der Waals surface area (Å²) in [5, 5.41) is 9.83. The summed E-state index contributed by atoms with van der Waals surface area (Å²) in [5.74, 6) is 0. The van der Waals surface area contributed by atoms with Crippen LogP contribution in [-0.4, -0.2) is 0 Å². The number of nitrogens with zero attached hydrogens (tertiary/aromatic N) is 1. The van der Waals surface area contributed by atoms with Crippen LogP contribution in [0.3, 0.4) is 0 Å². The Bertz CT molecular complexity index is 3330. The van der Waals surface area contributed by atoms with Crippen LogP contribution in [0.5, 0.6) is 0 Å². The van der Waals surface area contributed by atoms with E-state index >= 15 is 0 Å². The van der Waals surface area contributed by atoms with E-state index in [-0.39, 0.29) is 5.41 Å². The molecule has 0 amide bonds. The molecule has 58 heavy (non-hydrogen) atoms. The van der Waals surface area contributed by atoms with Gasteiger partial charge in [0, 0.05) is 39.3 Å². The van der Waals surface area contributed by atoms with Crippen molar-refractivity contribution >= 4 is 71.3 Å². The van der Waals surface area contributed by atoms with Gasteiger partial charge in [0.05, 0.1) is 0 Å². The van der Waals surface area contributed by atoms with Gasteiger partial charge in [-0.15, -0.1) is 0 Å². The van der Waals surface area contributed by atoms with Gasteiger partial charge in [-0.1, -0.05) is 158 Å². The highest BCUT2D eigenvalue weighted by molar-refractivity contribution is 6.26. The van der Waals surface area contributed by atoms with Crippen LogP contribution < -0.4 is 4.90 Å². The highest BCUT2D eigenvalue weighted by atomic mass is 16.3. The maximum absolute atomic E-state index is 6.86. The van der Waals surface area contributed by atoms with Gasteiger partial charge in [0.15, 0.2) is 0 Å². The van der Waals surface area contributed by atoms with Crippen molar-refractivity contribution in [1.82, 2.24) is 0 Å². The van der Waals surface area contributed by atoms with Crippen molar-refractivity contribution in [3.8, 4) is 22.3 Å². The number of anilines is 3. The summed E-state index contributed by atoms with van der Waals surface area (Å²) in [7, 11) is 0. The Morgan fingerprint density at radius 1 is 0.345 bits per heavy atom. The summed E-state index contributed by atoms with van der Waals surface area (Å²) < 4.78 is 6.86. The van der Waals surface area contributed by atoms with Gasteiger partial charge in [-0.2, -0.15) is 0 Å². The molecule has 12 rings (SSSR count). The Hall–Kier alpha value is -7.42. The van der Waals surface area contributed by atoms with Crippen molar-refractivity contribution in [3.63, 3.8) is 0 Å². The lowest BCUT2D eigenvalue weighted by Gasteiger charge is -2.29. The fourth-order valence-electron chi connectivity index (χ4n) is 10.0. The molecule has 0 bridgehead atoms. The molecule has 1 aromatic heterocycles. The fourth-order valence-corrected chi connectivity index (χ4v) is 10.0. The van der Waals surface area contributed by atoms with Crippen LogP contribution in [0.25, 0.3) is 76.5 Å². The van der Waals surface area contributed by atoms with E-state index < -0.39 is 0 Å². The Labute approximate surface area is 336 Å². The van der Waals surface area contributed by atoms with E-state index in [2.05, 4.69) is 218 Å². The first-order valence-corrected chi connectivity index (χ1v) is 20.1. The van der Waals surface area contributed by atoms with Gasteiger partial charge in [-0.3, -0.25) is 0 Å². The minimum Gasteiger partial charge on any atom is -0.456 e. The van der Waals surface area contributed by atoms with Crippen LogP contribution in [0.2, 0.25) is 0 Å². The molecule has 0 aliphatic heterocycles. The third-order valence-corrected chi connectivity index (χ3v) is 12.7. The van der Waals surface area contributed by atoms with Gasteiger partial charge in [0.2, 0.25) is 0 Å². The van der Waals surface area contributed by atoms with Crippen molar-refractivity contribution in [3.05, 3.63) is 223 Å². The monoisotopic (exact) mass is 739 g/mol. The average molecular weight is 740 g/mol. The predicted molar refractivity (Wildman–Crippen MR) is 244 cm³/mol. The molecule has 11 aromatic rings. The molecule has 0 fully saturated rings. The van der Waals surface area contributed by atoms with Crippen LogP contribution in [0.1, 0.15) is 23.6 Å². The lowest BCUT2D eigenvalue weighted by Crippen LogP contribution is -2.22. The van der Waals surface area contributed by atoms with Crippen LogP contribution >= 0.6 is 0 Å². The van der Waals surface area contributed by atoms with E-state index in [9.17, 15) is 0 Å². The third kappa shape index (κ3) is 4.72. The third-order valence-electron chi connectivity index (χ3n) is 12.7. The highest BCUT2D eigenvalue weighted by Gasteiger charge is 2.42. The van der Waals surface area contributed by atoms with E-state index in [4.69, 9.17) is 4.42 Å². The molecule has 2 nitrogen and oxygen atoms in total. The molecule has 1 aliphatic rings. The molecule has 0 N–H and O–H groups in total. The van der Waals surface area contributed by atoms with E-state index in [1.54, 1.807) is 0 Å². The minimum atomic E-state index is -0.341. The van der Waals surface area contributed by atoms with Crippen LogP contribution in [-0.2, 0) is 5.41 Å². The van der Waals surface area contributed by atoms with Gasteiger partial charge >= 0.3 is 0 Å². The maximum Gasteiger partial charge on any atom is 0.137 e. The van der Waals surface area contributed by atoms with Crippen molar-refractivity contribution in [2.24, 2.45) is 0 Å². The maximum atomic E-state index is 6.86. The Morgan fingerprint density at radius 2 is 0.828 bits per heavy atom. The lowest BCUT2D eigenvalue weighted by atomic mass is 9.73. The number of furan rings is 1. The van der Waals surface area contributed by atoms with Gasteiger partial charge in [-0.25, -0.2) is 0 Å². The molecule has 1 heterocycles. The highest BCUT2D eigenvalue weighted by Crippen LogP contribution is 2.54. The smallest absolute Gasteiger partial charge is 0.137 e. The summed E-state index contributed by atoms with van der Waals surface area (Å²) in [4.78, 5) is 2.37. The van der Waals surface area contributed by atoms with Crippen LogP contribution in [0.15, 0.2) is 211 Å². The zero-order chi connectivity index (χ0) is 38.4. The summed E-state index contributed by atoms with van der Waals surface area (Å²) >= 11 is 0. The van der Waals surface area contributed by atoms with Gasteiger partial charge in [0.1, 0.15) is 11.2 Å². The lowest BCUT2D eigenvalue weighted by molar-refractivity contribution is 0.666. The molecule has 0 atom stereocenters.